The molecule has 0 atom stereocenters. The van der Waals surface area contributed by atoms with Gasteiger partial charge >= 0.3 is 6.18 Å². The van der Waals surface area contributed by atoms with Crippen LogP contribution in [0.3, 0.4) is 0 Å². The molecule has 0 aromatic rings. The van der Waals surface area contributed by atoms with E-state index in [1.54, 1.807) is 0 Å². The van der Waals surface area contributed by atoms with Gasteiger partial charge in [0.05, 0.1) is 0 Å². The molecule has 13 heavy (non-hydrogen) atoms. The number of halogens is 9. The molecule has 0 aliphatic rings. The quantitative estimate of drug-likeness (QED) is 0.647. The lowest BCUT2D eigenvalue weighted by atomic mass is 10.3. The first-order chi connectivity index (χ1) is 5.44. The molecule has 0 bridgehead atoms. The van der Waals surface area contributed by atoms with E-state index >= 15 is 0 Å². The van der Waals surface area contributed by atoms with E-state index in [0.717, 1.165) is 0 Å². The van der Waals surface area contributed by atoms with Crippen LogP contribution in [0.4, 0.5) is 13.2 Å². The fraction of sp³-hybridized carbons (Fsp3) is 1.00. The van der Waals surface area contributed by atoms with Crippen LogP contribution in [0.2, 0.25) is 0 Å². The van der Waals surface area contributed by atoms with Gasteiger partial charge in [0, 0.05) is 0 Å². The van der Waals surface area contributed by atoms with Crippen LogP contribution in [0, 0.1) is 0 Å². The molecule has 0 heterocycles. The fourth-order valence-electron chi connectivity index (χ4n) is 0.326. The lowest BCUT2D eigenvalue weighted by Gasteiger charge is -2.34. The Morgan fingerprint density at radius 3 is 1.23 bits per heavy atom. The van der Waals surface area contributed by atoms with Gasteiger partial charge in [0.1, 0.15) is 4.84 Å². The molecule has 9 heteroatoms. The third-order valence-electron chi connectivity index (χ3n) is 1.05. The second-order valence-electron chi connectivity index (χ2n) is 2.00. The smallest absolute Gasteiger partial charge is 0.168 e. The van der Waals surface area contributed by atoms with E-state index in [0.29, 0.717) is 0 Å². The standard InChI is InChI=1S/C4HCl6F3/c5-1(6)2(7,8)3(9,10)4(11,12)13/h1H. The highest BCUT2D eigenvalue weighted by Crippen LogP contribution is 2.55. The largest absolute Gasteiger partial charge is 0.424 e. The molecule has 0 spiro atoms. The molecule has 0 radical (unpaired) electrons. The normalized spacial score (nSPS) is 15.2. The maximum absolute atomic E-state index is 12.1. The van der Waals surface area contributed by atoms with Crippen molar-refractivity contribution < 1.29 is 13.2 Å². The van der Waals surface area contributed by atoms with Gasteiger partial charge in [-0.2, -0.15) is 13.2 Å². The van der Waals surface area contributed by atoms with E-state index in [4.69, 9.17) is 69.6 Å². The van der Waals surface area contributed by atoms with Crippen LogP contribution in [0.1, 0.15) is 0 Å². The van der Waals surface area contributed by atoms with Crippen LogP contribution in [0.15, 0.2) is 0 Å². The van der Waals surface area contributed by atoms with Crippen LogP contribution in [0.5, 0.6) is 0 Å². The highest BCUT2D eigenvalue weighted by molar-refractivity contribution is 6.68. The van der Waals surface area contributed by atoms with Gasteiger partial charge in [0.15, 0.2) is 4.33 Å². The number of rotatable bonds is 2. The van der Waals surface area contributed by atoms with Crippen LogP contribution in [0.25, 0.3) is 0 Å². The van der Waals surface area contributed by atoms with Crippen molar-refractivity contribution in [3.63, 3.8) is 0 Å². The molecule has 0 aliphatic heterocycles. The average Bonchev–Trinajstić information content (AvgIpc) is 1.84. The first-order valence-corrected chi connectivity index (χ1v) is 4.93. The Morgan fingerprint density at radius 2 is 1.15 bits per heavy atom. The number of hydrogen-bond donors (Lipinski definition) is 0. The summed E-state index contributed by atoms with van der Waals surface area (Å²) >= 11 is 30.3. The molecule has 0 saturated heterocycles. The summed E-state index contributed by atoms with van der Waals surface area (Å²) in [5, 5.41) is 0. The number of alkyl halides is 9. The molecule has 0 fully saturated rings. The minimum atomic E-state index is -5.04. The summed E-state index contributed by atoms with van der Waals surface area (Å²) in [4.78, 5) is -1.78. The molecule has 0 nitrogen and oxygen atoms in total. The maximum Gasteiger partial charge on any atom is 0.424 e. The molecular weight excluding hydrogens is 318 g/mol. The minimum absolute atomic E-state index is 1.78. The fourth-order valence-corrected chi connectivity index (χ4v) is 1.31. The van der Waals surface area contributed by atoms with Crippen molar-refractivity contribution in [3.8, 4) is 0 Å². The zero-order valence-electron chi connectivity index (χ0n) is 5.48. The van der Waals surface area contributed by atoms with Crippen molar-refractivity contribution in [2.24, 2.45) is 0 Å². The van der Waals surface area contributed by atoms with Crippen LogP contribution < -0.4 is 0 Å². The first kappa shape index (κ1) is 14.5. The van der Waals surface area contributed by atoms with Crippen molar-refractivity contribution in [3.05, 3.63) is 0 Å². The van der Waals surface area contributed by atoms with E-state index in [9.17, 15) is 13.2 Å². The van der Waals surface area contributed by atoms with Crippen molar-refractivity contribution >= 4 is 69.6 Å². The van der Waals surface area contributed by atoms with Crippen molar-refractivity contribution in [2.75, 3.05) is 0 Å². The number of hydrogen-bond acceptors (Lipinski definition) is 0. The Morgan fingerprint density at radius 1 is 0.846 bits per heavy atom. The summed E-state index contributed by atoms with van der Waals surface area (Å²) in [6.07, 6.45) is -5.04. The van der Waals surface area contributed by atoms with Gasteiger partial charge in [-0.25, -0.2) is 0 Å². The van der Waals surface area contributed by atoms with Crippen molar-refractivity contribution in [2.45, 2.75) is 19.7 Å². The van der Waals surface area contributed by atoms with E-state index in [2.05, 4.69) is 0 Å². The summed E-state index contributed by atoms with van der Waals surface area (Å²) in [5.74, 6) is 0. The molecule has 0 saturated carbocycles. The summed E-state index contributed by atoms with van der Waals surface area (Å²) in [6.45, 7) is 0. The topological polar surface area (TPSA) is 0 Å². The molecule has 0 rings (SSSR count). The molecule has 80 valence electrons. The molecular formula is C4HCl6F3. The summed E-state index contributed by atoms with van der Waals surface area (Å²) in [7, 11) is 0. The molecule has 0 aliphatic carbocycles. The highest BCUT2D eigenvalue weighted by Gasteiger charge is 2.67. The second kappa shape index (κ2) is 4.18. The third kappa shape index (κ3) is 2.76. The Kier molecular flexibility index (Phi) is 4.68. The van der Waals surface area contributed by atoms with Crippen LogP contribution in [-0.4, -0.2) is 19.7 Å². The summed E-state index contributed by atoms with van der Waals surface area (Å²) < 4.78 is 30.2. The third-order valence-corrected chi connectivity index (χ3v) is 4.57. The highest BCUT2D eigenvalue weighted by atomic mass is 35.5. The van der Waals surface area contributed by atoms with Gasteiger partial charge in [-0.05, 0) is 0 Å². The Balaban J connectivity index is 5.04. The molecule has 0 aromatic heterocycles. The van der Waals surface area contributed by atoms with E-state index in [1.165, 1.54) is 0 Å². The Labute approximate surface area is 102 Å². The Bertz CT molecular complexity index is 185. The molecule has 0 N–H and O–H groups in total. The SMILES string of the molecule is FC(F)(F)C(Cl)(Cl)C(Cl)(Cl)C(Cl)Cl. The monoisotopic (exact) mass is 316 g/mol. The lowest BCUT2D eigenvalue weighted by molar-refractivity contribution is -0.143. The zero-order valence-corrected chi connectivity index (χ0v) is 10.0. The second-order valence-corrected chi connectivity index (χ2v) is 5.81. The van der Waals surface area contributed by atoms with Gasteiger partial charge < -0.3 is 0 Å². The summed E-state index contributed by atoms with van der Waals surface area (Å²) in [6, 6.07) is 0. The van der Waals surface area contributed by atoms with Gasteiger partial charge in [0.2, 0.25) is 4.33 Å². The summed E-state index contributed by atoms with van der Waals surface area (Å²) in [5.41, 5.74) is 0. The van der Waals surface area contributed by atoms with Gasteiger partial charge in [-0.15, -0.1) is 23.2 Å². The predicted octanol–water partition coefficient (Wildman–Crippen LogP) is 4.70. The maximum atomic E-state index is 12.1. The molecule has 0 aromatic carbocycles. The first-order valence-electron chi connectivity index (χ1n) is 2.55. The Hall–Kier alpha value is 1.53. The van der Waals surface area contributed by atoms with Crippen molar-refractivity contribution in [1.82, 2.24) is 0 Å². The average molecular weight is 319 g/mol. The molecule has 0 amide bonds. The van der Waals surface area contributed by atoms with Crippen molar-refractivity contribution in [1.29, 1.82) is 0 Å². The lowest BCUT2D eigenvalue weighted by Crippen LogP contribution is -2.52. The van der Waals surface area contributed by atoms with Gasteiger partial charge in [0.25, 0.3) is 0 Å². The van der Waals surface area contributed by atoms with Gasteiger partial charge in [-0.1, -0.05) is 46.4 Å². The molecule has 0 unspecified atom stereocenters. The van der Waals surface area contributed by atoms with Gasteiger partial charge in [-0.3, -0.25) is 0 Å². The predicted molar refractivity (Wildman–Crippen MR) is 50.4 cm³/mol. The van der Waals surface area contributed by atoms with E-state index in [1.807, 2.05) is 0 Å². The minimum Gasteiger partial charge on any atom is -0.168 e. The zero-order chi connectivity index (χ0) is 11.1. The van der Waals surface area contributed by atoms with E-state index < -0.39 is 19.7 Å². The van der Waals surface area contributed by atoms with Crippen LogP contribution in [-0.2, 0) is 0 Å². The van der Waals surface area contributed by atoms with Crippen LogP contribution >= 0.6 is 69.6 Å². The van der Waals surface area contributed by atoms with E-state index in [-0.39, 0.29) is 0 Å².